The summed E-state index contributed by atoms with van der Waals surface area (Å²) in [5, 5.41) is 9.81. The molecular weight excluding hydrogens is 192 g/mol. The van der Waals surface area contributed by atoms with E-state index in [-0.39, 0.29) is 0 Å². The van der Waals surface area contributed by atoms with E-state index in [1.165, 1.54) is 0 Å². The summed E-state index contributed by atoms with van der Waals surface area (Å²) >= 11 is 3.27. The maximum Gasteiger partial charge on any atom is 0.0239 e. The van der Waals surface area contributed by atoms with Crippen LogP contribution < -0.4 is 5.11 Å². The second-order valence-electron chi connectivity index (χ2n) is 1.73. The van der Waals surface area contributed by atoms with E-state index in [0.29, 0.717) is 0 Å². The molecule has 0 amide bonds. The summed E-state index contributed by atoms with van der Waals surface area (Å²) in [5.74, 6) is 2.41. The molecule has 0 saturated carbocycles. The summed E-state index contributed by atoms with van der Waals surface area (Å²) in [6.07, 6.45) is 1.59. The van der Waals surface area contributed by atoms with E-state index in [1.807, 2.05) is 12.1 Å². The average molecular weight is 196 g/mol. The Balaban J connectivity index is 2.97. The van der Waals surface area contributed by atoms with Crippen LogP contribution in [-0.2, 0) is 0 Å². The highest BCUT2D eigenvalue weighted by atomic mass is 79.9. The Bertz CT molecular complexity index is 266. The molecule has 0 unspecified atom stereocenters. The molecule has 2 heteroatoms. The van der Waals surface area contributed by atoms with Crippen molar-refractivity contribution in [1.29, 1.82) is 0 Å². The fourth-order valence-electron chi connectivity index (χ4n) is 0.592. The third-order valence-electron chi connectivity index (χ3n) is 1.04. The molecule has 0 fully saturated rings. The third kappa shape index (κ3) is 1.78. The van der Waals surface area contributed by atoms with Crippen LogP contribution in [0.2, 0.25) is 0 Å². The van der Waals surface area contributed by atoms with Crippen molar-refractivity contribution in [3.8, 4) is 12.0 Å². The van der Waals surface area contributed by atoms with E-state index in [1.54, 1.807) is 18.2 Å². The van der Waals surface area contributed by atoms with Crippen molar-refractivity contribution in [3.63, 3.8) is 0 Å². The van der Waals surface area contributed by atoms with E-state index >= 15 is 0 Å². The van der Waals surface area contributed by atoms with Crippen molar-refractivity contribution in [1.82, 2.24) is 0 Å². The topological polar surface area (TPSA) is 23.1 Å². The van der Waals surface area contributed by atoms with Gasteiger partial charge in [0.25, 0.3) is 0 Å². The van der Waals surface area contributed by atoms with Crippen LogP contribution in [0.25, 0.3) is 0 Å². The summed E-state index contributed by atoms with van der Waals surface area (Å²) < 4.78 is 0.990. The first-order valence-corrected chi connectivity index (χ1v) is 3.51. The van der Waals surface area contributed by atoms with Crippen LogP contribution in [-0.4, -0.2) is 0 Å². The summed E-state index contributed by atoms with van der Waals surface area (Å²) in [6, 6.07) is 7.27. The molecule has 1 aromatic carbocycles. The van der Waals surface area contributed by atoms with Crippen LogP contribution in [0.15, 0.2) is 28.7 Å². The lowest BCUT2D eigenvalue weighted by molar-refractivity contribution is -0.247. The van der Waals surface area contributed by atoms with Crippen molar-refractivity contribution < 1.29 is 5.11 Å². The van der Waals surface area contributed by atoms with Crippen molar-refractivity contribution in [2.45, 2.75) is 0 Å². The number of rotatable bonds is 0. The normalized spacial score (nSPS) is 8.10. The lowest BCUT2D eigenvalue weighted by Gasteiger charge is -1.90. The molecule has 0 radical (unpaired) electrons. The van der Waals surface area contributed by atoms with Gasteiger partial charge >= 0.3 is 0 Å². The second-order valence-corrected chi connectivity index (χ2v) is 2.65. The van der Waals surface area contributed by atoms with Crippen molar-refractivity contribution in [2.75, 3.05) is 0 Å². The Morgan fingerprint density at radius 1 is 1.20 bits per heavy atom. The van der Waals surface area contributed by atoms with E-state index in [9.17, 15) is 5.11 Å². The van der Waals surface area contributed by atoms with E-state index in [0.717, 1.165) is 10.0 Å². The Morgan fingerprint density at radius 3 is 2.30 bits per heavy atom. The molecule has 0 N–H and O–H groups in total. The maximum atomic E-state index is 9.81. The standard InChI is InChI=1S/C8H5BrO/c9-8-3-1-7(2-4-8)5-6-10/h1-4,10H/p-1. The highest BCUT2D eigenvalue weighted by molar-refractivity contribution is 9.10. The largest absolute Gasteiger partial charge is 0.833 e. The van der Waals surface area contributed by atoms with Gasteiger partial charge in [-0.2, -0.15) is 6.11 Å². The van der Waals surface area contributed by atoms with Crippen LogP contribution in [0.5, 0.6) is 0 Å². The van der Waals surface area contributed by atoms with Crippen molar-refractivity contribution in [3.05, 3.63) is 34.3 Å². The first-order valence-electron chi connectivity index (χ1n) is 2.71. The molecule has 1 nitrogen and oxygen atoms in total. The molecule has 0 aliphatic heterocycles. The quantitative estimate of drug-likeness (QED) is 0.570. The predicted molar refractivity (Wildman–Crippen MR) is 41.0 cm³/mol. The highest BCUT2D eigenvalue weighted by Crippen LogP contribution is 2.09. The monoisotopic (exact) mass is 195 g/mol. The summed E-state index contributed by atoms with van der Waals surface area (Å²) in [6.45, 7) is 0. The first kappa shape index (κ1) is 7.17. The molecule has 1 rings (SSSR count). The third-order valence-corrected chi connectivity index (χ3v) is 1.57. The fraction of sp³-hybridized carbons (Fsp3) is 0. The van der Waals surface area contributed by atoms with Gasteiger partial charge in [0, 0.05) is 10.0 Å². The van der Waals surface area contributed by atoms with Gasteiger partial charge in [-0.25, -0.2) is 0 Å². The van der Waals surface area contributed by atoms with Gasteiger partial charge in [0.05, 0.1) is 0 Å². The predicted octanol–water partition coefficient (Wildman–Crippen LogP) is 1.12. The molecule has 0 aliphatic rings. The van der Waals surface area contributed by atoms with Gasteiger partial charge < -0.3 is 5.11 Å². The Kier molecular flexibility index (Phi) is 2.35. The Labute approximate surface area is 67.8 Å². The smallest absolute Gasteiger partial charge is 0.0239 e. The minimum atomic E-state index is 0.748. The van der Waals surface area contributed by atoms with Gasteiger partial charge in [-0.3, -0.25) is 0 Å². The number of halogens is 1. The Hall–Kier alpha value is -0.940. The molecule has 0 spiro atoms. The molecule has 0 bridgehead atoms. The fourth-order valence-corrected chi connectivity index (χ4v) is 0.856. The lowest BCUT2D eigenvalue weighted by atomic mass is 10.2. The number of hydrogen-bond acceptors (Lipinski definition) is 1. The van der Waals surface area contributed by atoms with E-state index in [2.05, 4.69) is 21.9 Å². The summed E-state index contributed by atoms with van der Waals surface area (Å²) in [5.41, 5.74) is 0.748. The molecule has 0 aromatic heterocycles. The molecule has 50 valence electrons. The van der Waals surface area contributed by atoms with Crippen LogP contribution >= 0.6 is 15.9 Å². The average Bonchev–Trinajstić information content (AvgIpc) is 1.95. The van der Waals surface area contributed by atoms with Gasteiger partial charge in [0.15, 0.2) is 0 Å². The van der Waals surface area contributed by atoms with Crippen LogP contribution in [0, 0.1) is 12.0 Å². The molecule has 10 heavy (non-hydrogen) atoms. The Morgan fingerprint density at radius 2 is 1.80 bits per heavy atom. The number of benzene rings is 1. The summed E-state index contributed by atoms with van der Waals surface area (Å²) in [4.78, 5) is 0. The summed E-state index contributed by atoms with van der Waals surface area (Å²) in [7, 11) is 0. The molecule has 0 aliphatic carbocycles. The zero-order valence-corrected chi connectivity index (χ0v) is 6.68. The zero-order chi connectivity index (χ0) is 7.40. The first-order chi connectivity index (χ1) is 4.83. The SMILES string of the molecule is [O-]C#Cc1ccc(Br)cc1. The van der Waals surface area contributed by atoms with Crippen molar-refractivity contribution in [2.24, 2.45) is 0 Å². The second kappa shape index (κ2) is 3.28. The molecule has 0 saturated heterocycles. The van der Waals surface area contributed by atoms with Crippen LogP contribution in [0.4, 0.5) is 0 Å². The van der Waals surface area contributed by atoms with Gasteiger partial charge in [-0.15, -0.1) is 0 Å². The minimum Gasteiger partial charge on any atom is -0.833 e. The van der Waals surface area contributed by atoms with Crippen molar-refractivity contribution >= 4 is 15.9 Å². The highest BCUT2D eigenvalue weighted by Gasteiger charge is 1.84. The van der Waals surface area contributed by atoms with Crippen LogP contribution in [0.1, 0.15) is 5.56 Å². The molecule has 0 heterocycles. The molecule has 0 atom stereocenters. The molecular formula is C8H4BrO-. The van der Waals surface area contributed by atoms with E-state index < -0.39 is 0 Å². The van der Waals surface area contributed by atoms with Gasteiger partial charge in [0.1, 0.15) is 0 Å². The maximum absolute atomic E-state index is 9.81. The van der Waals surface area contributed by atoms with Gasteiger partial charge in [-0.05, 0) is 24.3 Å². The van der Waals surface area contributed by atoms with Crippen LogP contribution in [0.3, 0.4) is 0 Å². The zero-order valence-electron chi connectivity index (χ0n) is 5.10. The number of hydrogen-bond donors (Lipinski definition) is 0. The lowest BCUT2D eigenvalue weighted by Crippen LogP contribution is -1.85. The van der Waals surface area contributed by atoms with Gasteiger partial charge in [-0.1, -0.05) is 21.9 Å². The molecule has 1 aromatic rings. The van der Waals surface area contributed by atoms with E-state index in [4.69, 9.17) is 0 Å². The van der Waals surface area contributed by atoms with Gasteiger partial charge in [0.2, 0.25) is 0 Å². The minimum absolute atomic E-state index is 0.748.